The normalized spacial score (nSPS) is 10.3. The second-order valence-electron chi connectivity index (χ2n) is 5.43. The molecule has 2 aromatic carbocycles. The largest absolute Gasteiger partial charge is 0.489 e. The highest BCUT2D eigenvalue weighted by atomic mass is 16.5. The van der Waals surface area contributed by atoms with Gasteiger partial charge in [0.25, 0.3) is 11.8 Å². The highest BCUT2D eigenvalue weighted by Crippen LogP contribution is 2.15. The summed E-state index contributed by atoms with van der Waals surface area (Å²) in [6.45, 7) is 5.65. The first-order valence-corrected chi connectivity index (χ1v) is 8.10. The van der Waals surface area contributed by atoms with Crippen molar-refractivity contribution in [2.75, 3.05) is 13.2 Å². The van der Waals surface area contributed by atoms with E-state index in [9.17, 15) is 9.59 Å². The van der Waals surface area contributed by atoms with E-state index in [1.807, 2.05) is 37.3 Å². The number of hydrogen-bond acceptors (Lipinski definition) is 4. The van der Waals surface area contributed by atoms with Gasteiger partial charge in [-0.1, -0.05) is 43.0 Å². The van der Waals surface area contributed by atoms with Gasteiger partial charge >= 0.3 is 0 Å². The number of rotatable bonds is 8. The van der Waals surface area contributed by atoms with Crippen molar-refractivity contribution < 1.29 is 14.3 Å². The molecular formula is C20H21N3O3. The number of ether oxygens (including phenoxy) is 1. The van der Waals surface area contributed by atoms with E-state index >= 15 is 0 Å². The Kier molecular flexibility index (Phi) is 7.12. The maximum atomic E-state index is 12.1. The zero-order valence-corrected chi connectivity index (χ0v) is 14.6. The average Bonchev–Trinajstić information content (AvgIpc) is 2.65. The fourth-order valence-electron chi connectivity index (χ4n) is 2.16. The van der Waals surface area contributed by atoms with Crippen molar-refractivity contribution in [3.8, 4) is 5.75 Å². The van der Waals surface area contributed by atoms with Crippen LogP contribution in [0.3, 0.4) is 0 Å². The summed E-state index contributed by atoms with van der Waals surface area (Å²) in [6.07, 6.45) is 3.13. The van der Waals surface area contributed by atoms with Crippen LogP contribution >= 0.6 is 0 Å². The molecule has 0 fully saturated rings. The third-order valence-corrected chi connectivity index (χ3v) is 3.47. The molecule has 2 aromatic rings. The van der Waals surface area contributed by atoms with Crippen LogP contribution in [0.5, 0.6) is 5.75 Å². The predicted molar refractivity (Wildman–Crippen MR) is 101 cm³/mol. The first-order valence-electron chi connectivity index (χ1n) is 8.10. The number of carbonyl (C=O) groups excluding carboxylic acids is 2. The summed E-state index contributed by atoms with van der Waals surface area (Å²) < 4.78 is 5.50. The summed E-state index contributed by atoms with van der Waals surface area (Å²) in [5.41, 5.74) is 4.48. The summed E-state index contributed by atoms with van der Waals surface area (Å²) >= 11 is 0. The number of benzene rings is 2. The third kappa shape index (κ3) is 5.59. The molecular weight excluding hydrogens is 330 g/mol. The summed E-state index contributed by atoms with van der Waals surface area (Å²) in [7, 11) is 0. The molecule has 0 heterocycles. The van der Waals surface area contributed by atoms with Crippen molar-refractivity contribution in [3.05, 3.63) is 77.9 Å². The van der Waals surface area contributed by atoms with Crippen LogP contribution in [-0.4, -0.2) is 31.2 Å². The minimum atomic E-state index is -0.423. The highest BCUT2D eigenvalue weighted by Gasteiger charge is 2.09. The van der Waals surface area contributed by atoms with Gasteiger partial charge in [0.1, 0.15) is 12.4 Å². The molecule has 0 aliphatic rings. The van der Waals surface area contributed by atoms with Crippen LogP contribution in [0.4, 0.5) is 0 Å². The van der Waals surface area contributed by atoms with Gasteiger partial charge in [0.05, 0.1) is 12.8 Å². The van der Waals surface area contributed by atoms with Crippen molar-refractivity contribution >= 4 is 18.0 Å². The van der Waals surface area contributed by atoms with Gasteiger partial charge < -0.3 is 10.1 Å². The predicted octanol–water partition coefficient (Wildman–Crippen LogP) is 2.44. The monoisotopic (exact) mass is 351 g/mol. The average molecular weight is 351 g/mol. The van der Waals surface area contributed by atoms with E-state index in [1.54, 1.807) is 24.3 Å². The fourth-order valence-corrected chi connectivity index (χ4v) is 2.16. The molecule has 0 aliphatic carbocycles. The molecule has 0 aromatic heterocycles. The van der Waals surface area contributed by atoms with Crippen molar-refractivity contribution in [2.24, 2.45) is 5.10 Å². The number of para-hydroxylation sites is 1. The minimum absolute atomic E-state index is 0.168. The van der Waals surface area contributed by atoms with Gasteiger partial charge in [-0.25, -0.2) is 5.43 Å². The van der Waals surface area contributed by atoms with Crippen LogP contribution in [0, 0.1) is 6.92 Å². The van der Waals surface area contributed by atoms with Gasteiger partial charge in [0.15, 0.2) is 0 Å². The zero-order valence-electron chi connectivity index (χ0n) is 14.6. The SMILES string of the molecule is C=CCOc1ccccc1/C=N/NC(=O)CNC(=O)c1ccccc1C. The van der Waals surface area contributed by atoms with Crippen molar-refractivity contribution in [1.29, 1.82) is 0 Å². The van der Waals surface area contributed by atoms with E-state index in [1.165, 1.54) is 6.21 Å². The first-order chi connectivity index (χ1) is 12.6. The zero-order chi connectivity index (χ0) is 18.8. The third-order valence-electron chi connectivity index (χ3n) is 3.47. The van der Waals surface area contributed by atoms with Gasteiger partial charge in [-0.05, 0) is 30.7 Å². The molecule has 2 amide bonds. The molecule has 0 radical (unpaired) electrons. The number of hydrazone groups is 1. The van der Waals surface area contributed by atoms with Crippen LogP contribution in [0.1, 0.15) is 21.5 Å². The Hall–Kier alpha value is -3.41. The van der Waals surface area contributed by atoms with Crippen LogP contribution in [0.15, 0.2) is 66.3 Å². The number of aryl methyl sites for hydroxylation is 1. The summed E-state index contributed by atoms with van der Waals surface area (Å²) in [6, 6.07) is 14.5. The van der Waals surface area contributed by atoms with Gasteiger partial charge in [-0.3, -0.25) is 9.59 Å². The molecule has 0 aliphatic heterocycles. The second kappa shape index (κ2) is 9.78. The Morgan fingerprint density at radius 3 is 2.65 bits per heavy atom. The molecule has 2 N–H and O–H groups in total. The molecule has 0 saturated carbocycles. The number of carbonyl (C=O) groups is 2. The highest BCUT2D eigenvalue weighted by molar-refractivity contribution is 5.97. The summed E-state index contributed by atoms with van der Waals surface area (Å²) in [4.78, 5) is 23.9. The lowest BCUT2D eigenvalue weighted by molar-refractivity contribution is -0.120. The maximum absolute atomic E-state index is 12.1. The number of hydrogen-bond donors (Lipinski definition) is 2. The van der Waals surface area contributed by atoms with Crippen LogP contribution in [-0.2, 0) is 4.79 Å². The van der Waals surface area contributed by atoms with Gasteiger partial charge in [0.2, 0.25) is 0 Å². The lowest BCUT2D eigenvalue weighted by Crippen LogP contribution is -2.35. The number of nitrogens with one attached hydrogen (secondary N) is 2. The van der Waals surface area contributed by atoms with E-state index in [2.05, 4.69) is 22.4 Å². The van der Waals surface area contributed by atoms with E-state index in [0.717, 1.165) is 11.1 Å². The van der Waals surface area contributed by atoms with Gasteiger partial charge in [0, 0.05) is 11.1 Å². The minimum Gasteiger partial charge on any atom is -0.489 e. The molecule has 6 heteroatoms. The van der Waals surface area contributed by atoms with E-state index in [4.69, 9.17) is 4.74 Å². The molecule has 0 unspecified atom stereocenters. The van der Waals surface area contributed by atoms with Crippen LogP contribution < -0.4 is 15.5 Å². The molecule has 26 heavy (non-hydrogen) atoms. The Balaban J connectivity index is 1.85. The summed E-state index contributed by atoms with van der Waals surface area (Å²) in [5.74, 6) is -0.0867. The van der Waals surface area contributed by atoms with Gasteiger partial charge in [-0.15, -0.1) is 0 Å². The molecule has 6 nitrogen and oxygen atoms in total. The molecule has 0 bridgehead atoms. The lowest BCUT2D eigenvalue weighted by Gasteiger charge is -2.07. The standard InChI is InChI=1S/C20H21N3O3/c1-3-12-26-18-11-7-5-9-16(18)13-22-23-19(24)14-21-20(25)17-10-6-4-8-15(17)2/h3-11,13H,1,12,14H2,2H3,(H,21,25)(H,23,24)/b22-13+. The van der Waals surface area contributed by atoms with Crippen molar-refractivity contribution in [1.82, 2.24) is 10.7 Å². The Morgan fingerprint density at radius 1 is 1.15 bits per heavy atom. The Labute approximate surface area is 152 Å². The number of nitrogens with zero attached hydrogens (tertiary/aromatic N) is 1. The number of amides is 2. The van der Waals surface area contributed by atoms with Crippen LogP contribution in [0.25, 0.3) is 0 Å². The van der Waals surface area contributed by atoms with Gasteiger partial charge in [-0.2, -0.15) is 5.10 Å². The van der Waals surface area contributed by atoms with E-state index < -0.39 is 5.91 Å². The lowest BCUT2D eigenvalue weighted by atomic mass is 10.1. The van der Waals surface area contributed by atoms with E-state index in [0.29, 0.717) is 17.9 Å². The Bertz CT molecular complexity index is 815. The molecule has 2 rings (SSSR count). The quantitative estimate of drug-likeness (QED) is 0.435. The summed E-state index contributed by atoms with van der Waals surface area (Å²) in [5, 5.41) is 6.46. The molecule has 0 atom stereocenters. The molecule has 0 spiro atoms. The fraction of sp³-hybridized carbons (Fsp3) is 0.150. The van der Waals surface area contributed by atoms with Crippen LogP contribution in [0.2, 0.25) is 0 Å². The second-order valence-corrected chi connectivity index (χ2v) is 5.43. The van der Waals surface area contributed by atoms with E-state index in [-0.39, 0.29) is 12.5 Å². The Morgan fingerprint density at radius 2 is 1.88 bits per heavy atom. The molecule has 0 saturated heterocycles. The molecule has 134 valence electrons. The topological polar surface area (TPSA) is 79.8 Å². The maximum Gasteiger partial charge on any atom is 0.259 e. The smallest absolute Gasteiger partial charge is 0.259 e. The first kappa shape index (κ1) is 18.9. The van der Waals surface area contributed by atoms with Crippen molar-refractivity contribution in [2.45, 2.75) is 6.92 Å². The van der Waals surface area contributed by atoms with Crippen molar-refractivity contribution in [3.63, 3.8) is 0 Å².